The van der Waals surface area contributed by atoms with E-state index in [0.717, 1.165) is 42.0 Å². The van der Waals surface area contributed by atoms with Gasteiger partial charge in [-0.15, -0.1) is 11.6 Å². The van der Waals surface area contributed by atoms with Crippen LogP contribution in [0.15, 0.2) is 22.7 Å². The third-order valence-corrected chi connectivity index (χ3v) is 3.39. The van der Waals surface area contributed by atoms with Crippen LogP contribution in [0.5, 0.6) is 5.75 Å². The molecule has 0 N–H and O–H groups in total. The highest BCUT2D eigenvalue weighted by Gasteiger charge is 2.08. The van der Waals surface area contributed by atoms with Gasteiger partial charge in [0.15, 0.2) is 0 Å². The third-order valence-electron chi connectivity index (χ3n) is 2.63. The quantitative estimate of drug-likeness (QED) is 0.485. The number of hydrogen-bond donors (Lipinski definition) is 0. The molecule has 1 aromatic carbocycles. The summed E-state index contributed by atoms with van der Waals surface area (Å²) in [6, 6.07) is 6.21. The molecule has 0 atom stereocenters. The Morgan fingerprint density at radius 2 is 2.00 bits per heavy atom. The van der Waals surface area contributed by atoms with Crippen LogP contribution < -0.4 is 4.74 Å². The summed E-state index contributed by atoms with van der Waals surface area (Å²) in [6.45, 7) is 5.14. The van der Waals surface area contributed by atoms with Gasteiger partial charge in [-0.25, -0.2) is 0 Å². The molecule has 0 aliphatic heterocycles. The molecule has 1 rings (SSSR count). The van der Waals surface area contributed by atoms with Gasteiger partial charge in [0, 0.05) is 10.4 Å². The molecule has 0 unspecified atom stereocenters. The van der Waals surface area contributed by atoms with Crippen molar-refractivity contribution in [1.82, 2.24) is 0 Å². The molecule has 0 heterocycles. The van der Waals surface area contributed by atoms with Gasteiger partial charge >= 0.3 is 0 Å². The molecule has 0 aromatic heterocycles. The van der Waals surface area contributed by atoms with Crippen molar-refractivity contribution >= 4 is 27.5 Å². The molecule has 1 aromatic rings. The highest BCUT2D eigenvalue weighted by molar-refractivity contribution is 9.10. The van der Waals surface area contributed by atoms with Gasteiger partial charge in [0.1, 0.15) is 5.75 Å². The molecule has 0 amide bonds. The van der Waals surface area contributed by atoms with E-state index in [1.807, 2.05) is 12.1 Å². The topological polar surface area (TPSA) is 9.23 Å². The molecule has 0 saturated carbocycles. The Labute approximate surface area is 118 Å². The summed E-state index contributed by atoms with van der Waals surface area (Å²) in [6.07, 6.45) is 3.28. The van der Waals surface area contributed by atoms with Crippen LogP contribution in [-0.2, 0) is 0 Å². The van der Waals surface area contributed by atoms with Crippen molar-refractivity contribution < 1.29 is 4.74 Å². The fourth-order valence-electron chi connectivity index (χ4n) is 1.66. The number of ether oxygens (including phenoxy) is 1. The zero-order chi connectivity index (χ0) is 12.7. The van der Waals surface area contributed by atoms with E-state index >= 15 is 0 Å². The zero-order valence-electron chi connectivity index (χ0n) is 10.5. The van der Waals surface area contributed by atoms with Gasteiger partial charge in [0.25, 0.3) is 0 Å². The molecule has 0 aliphatic rings. The average Bonchev–Trinajstić information content (AvgIpc) is 2.30. The Bertz CT molecular complexity index is 339. The maximum Gasteiger partial charge on any atom is 0.122 e. The minimum absolute atomic E-state index is 0.477. The van der Waals surface area contributed by atoms with Crippen LogP contribution in [-0.4, -0.2) is 12.5 Å². The van der Waals surface area contributed by atoms with Crippen LogP contribution in [0.2, 0.25) is 0 Å². The Morgan fingerprint density at radius 1 is 1.24 bits per heavy atom. The highest BCUT2D eigenvalue weighted by atomic mass is 79.9. The summed E-state index contributed by atoms with van der Waals surface area (Å²) in [7, 11) is 0. The van der Waals surface area contributed by atoms with E-state index in [1.165, 1.54) is 5.56 Å². The van der Waals surface area contributed by atoms with Gasteiger partial charge in [-0.05, 0) is 48.9 Å². The van der Waals surface area contributed by atoms with Crippen molar-refractivity contribution in [2.75, 3.05) is 12.5 Å². The second-order valence-corrected chi connectivity index (χ2v) is 5.73. The number of hydrogen-bond acceptors (Lipinski definition) is 1. The predicted molar refractivity (Wildman–Crippen MR) is 78.3 cm³/mol. The summed E-state index contributed by atoms with van der Waals surface area (Å²) in [5.41, 5.74) is 1.26. The molecule has 0 bridgehead atoms. The maximum absolute atomic E-state index is 5.84. The second-order valence-electron chi connectivity index (χ2n) is 4.43. The third kappa shape index (κ3) is 5.31. The van der Waals surface area contributed by atoms with Gasteiger partial charge < -0.3 is 4.74 Å². The molecule has 3 heteroatoms. The lowest BCUT2D eigenvalue weighted by atomic mass is 10.0. The summed E-state index contributed by atoms with van der Waals surface area (Å²) in [5.74, 6) is 2.23. The average molecular weight is 320 g/mol. The molecule has 0 aliphatic carbocycles. The van der Waals surface area contributed by atoms with Crippen LogP contribution in [0.25, 0.3) is 0 Å². The number of unbranched alkanes of at least 4 members (excludes halogenated alkanes) is 2. The van der Waals surface area contributed by atoms with E-state index in [-0.39, 0.29) is 0 Å². The van der Waals surface area contributed by atoms with Crippen molar-refractivity contribution in [1.29, 1.82) is 0 Å². The van der Waals surface area contributed by atoms with E-state index in [1.54, 1.807) is 0 Å². The minimum Gasteiger partial charge on any atom is -0.493 e. The SMILES string of the molecule is CC(C)c1cc(Br)ccc1OCCCCCCl. The standard InChI is InChI=1S/C14H20BrClO/c1-11(2)13-10-12(15)6-7-14(13)17-9-5-3-4-8-16/h6-7,10-11H,3-5,8-9H2,1-2H3. The summed E-state index contributed by atoms with van der Waals surface area (Å²) in [5, 5.41) is 0. The van der Waals surface area contributed by atoms with Crippen LogP contribution in [0.3, 0.4) is 0 Å². The Morgan fingerprint density at radius 3 is 2.65 bits per heavy atom. The number of halogens is 2. The lowest BCUT2D eigenvalue weighted by Crippen LogP contribution is -2.01. The summed E-state index contributed by atoms with van der Waals surface area (Å²) in [4.78, 5) is 0. The van der Waals surface area contributed by atoms with Gasteiger partial charge in [-0.1, -0.05) is 29.8 Å². The lowest BCUT2D eigenvalue weighted by Gasteiger charge is -2.14. The van der Waals surface area contributed by atoms with Gasteiger partial charge in [-0.2, -0.15) is 0 Å². The van der Waals surface area contributed by atoms with Crippen LogP contribution in [0, 0.1) is 0 Å². The van der Waals surface area contributed by atoms with Crippen molar-refractivity contribution in [3.05, 3.63) is 28.2 Å². The molecule has 0 radical (unpaired) electrons. The van der Waals surface area contributed by atoms with Crippen molar-refractivity contribution in [2.24, 2.45) is 0 Å². The molecule has 0 spiro atoms. The van der Waals surface area contributed by atoms with Gasteiger partial charge in [-0.3, -0.25) is 0 Å². The van der Waals surface area contributed by atoms with Crippen molar-refractivity contribution in [2.45, 2.75) is 39.0 Å². The Balaban J connectivity index is 2.52. The summed E-state index contributed by atoms with van der Waals surface area (Å²) < 4.78 is 6.94. The lowest BCUT2D eigenvalue weighted by molar-refractivity contribution is 0.302. The van der Waals surface area contributed by atoms with Crippen LogP contribution in [0.4, 0.5) is 0 Å². The fraction of sp³-hybridized carbons (Fsp3) is 0.571. The predicted octanol–water partition coefficient (Wildman–Crippen LogP) is 5.36. The van der Waals surface area contributed by atoms with Crippen molar-refractivity contribution in [3.63, 3.8) is 0 Å². The number of rotatable bonds is 7. The molecular formula is C14H20BrClO. The largest absolute Gasteiger partial charge is 0.493 e. The van der Waals surface area contributed by atoms with Crippen LogP contribution >= 0.6 is 27.5 Å². The van der Waals surface area contributed by atoms with E-state index in [2.05, 4.69) is 35.8 Å². The molecule has 96 valence electrons. The first kappa shape index (κ1) is 14.8. The molecule has 17 heavy (non-hydrogen) atoms. The van der Waals surface area contributed by atoms with E-state index in [0.29, 0.717) is 5.92 Å². The summed E-state index contributed by atoms with van der Waals surface area (Å²) >= 11 is 9.13. The van der Waals surface area contributed by atoms with E-state index < -0.39 is 0 Å². The highest BCUT2D eigenvalue weighted by Crippen LogP contribution is 2.29. The Kier molecular flexibility index (Phi) is 6.98. The second kappa shape index (κ2) is 7.99. The van der Waals surface area contributed by atoms with Gasteiger partial charge in [0.2, 0.25) is 0 Å². The fourth-order valence-corrected chi connectivity index (χ4v) is 2.23. The first-order chi connectivity index (χ1) is 8.15. The van der Waals surface area contributed by atoms with E-state index in [4.69, 9.17) is 16.3 Å². The smallest absolute Gasteiger partial charge is 0.122 e. The van der Waals surface area contributed by atoms with Crippen LogP contribution in [0.1, 0.15) is 44.6 Å². The van der Waals surface area contributed by atoms with Gasteiger partial charge in [0.05, 0.1) is 6.61 Å². The molecule has 1 nitrogen and oxygen atoms in total. The first-order valence-electron chi connectivity index (χ1n) is 6.13. The molecule has 0 fully saturated rings. The number of benzene rings is 1. The first-order valence-corrected chi connectivity index (χ1v) is 7.46. The Hall–Kier alpha value is -0.210. The molecular weight excluding hydrogens is 300 g/mol. The van der Waals surface area contributed by atoms with E-state index in [9.17, 15) is 0 Å². The monoisotopic (exact) mass is 318 g/mol. The zero-order valence-corrected chi connectivity index (χ0v) is 12.9. The van der Waals surface area contributed by atoms with Crippen molar-refractivity contribution in [3.8, 4) is 5.75 Å². The minimum atomic E-state index is 0.477. The number of alkyl halides is 1. The maximum atomic E-state index is 5.84. The molecule has 0 saturated heterocycles. The normalized spacial score (nSPS) is 10.9.